The van der Waals surface area contributed by atoms with Gasteiger partial charge in [0.2, 0.25) is 5.91 Å². The Bertz CT molecular complexity index is 458. The molecule has 1 aromatic carbocycles. The van der Waals surface area contributed by atoms with Gasteiger partial charge in [0.25, 0.3) is 0 Å². The fourth-order valence-corrected chi connectivity index (χ4v) is 2.02. The molecule has 4 N–H and O–H groups in total. The van der Waals surface area contributed by atoms with Gasteiger partial charge in [-0.05, 0) is 25.8 Å². The molecule has 0 unspecified atom stereocenters. The molecule has 1 rings (SSSR count). The van der Waals surface area contributed by atoms with Crippen LogP contribution in [-0.4, -0.2) is 25.1 Å². The van der Waals surface area contributed by atoms with Crippen molar-refractivity contribution in [3.8, 4) is 5.75 Å². The number of nitrogens with zero attached hydrogens (tertiary/aromatic N) is 1. The molecular formula is C15H25N3O2. The Hall–Kier alpha value is -1.91. The molecule has 0 radical (unpaired) electrons. The number of amides is 1. The van der Waals surface area contributed by atoms with Crippen molar-refractivity contribution >= 4 is 17.3 Å². The van der Waals surface area contributed by atoms with E-state index in [0.717, 1.165) is 12.2 Å². The van der Waals surface area contributed by atoms with Crippen LogP contribution in [0.1, 0.15) is 27.7 Å². The summed E-state index contributed by atoms with van der Waals surface area (Å²) < 4.78 is 5.67. The van der Waals surface area contributed by atoms with E-state index < -0.39 is 0 Å². The number of benzene rings is 1. The van der Waals surface area contributed by atoms with Gasteiger partial charge >= 0.3 is 0 Å². The number of nitrogen functional groups attached to an aromatic ring is 1. The number of anilines is 2. The zero-order valence-corrected chi connectivity index (χ0v) is 12.7. The standard InChI is InChI=1S/C15H25N3O2/c1-10(2)8-18(9-15(17)19)13-5-12(16)6-14(7-13)20-11(3)4/h5-7,10-11H,8-9,16H2,1-4H3,(H2,17,19). The maximum Gasteiger partial charge on any atom is 0.236 e. The first kappa shape index (κ1) is 16.1. The molecule has 112 valence electrons. The van der Waals surface area contributed by atoms with Crippen LogP contribution in [0.4, 0.5) is 11.4 Å². The number of ether oxygens (including phenoxy) is 1. The average Bonchev–Trinajstić information content (AvgIpc) is 2.24. The van der Waals surface area contributed by atoms with Gasteiger partial charge < -0.3 is 21.1 Å². The van der Waals surface area contributed by atoms with Gasteiger partial charge in [0.15, 0.2) is 0 Å². The monoisotopic (exact) mass is 279 g/mol. The van der Waals surface area contributed by atoms with E-state index in [4.69, 9.17) is 16.2 Å². The van der Waals surface area contributed by atoms with Crippen LogP contribution in [0.15, 0.2) is 18.2 Å². The minimum absolute atomic E-state index is 0.0688. The van der Waals surface area contributed by atoms with E-state index in [2.05, 4.69) is 13.8 Å². The molecule has 1 amide bonds. The zero-order valence-electron chi connectivity index (χ0n) is 12.7. The number of rotatable bonds is 7. The lowest BCUT2D eigenvalue weighted by molar-refractivity contribution is -0.116. The van der Waals surface area contributed by atoms with E-state index in [1.807, 2.05) is 30.9 Å². The molecule has 5 nitrogen and oxygen atoms in total. The first-order valence-corrected chi connectivity index (χ1v) is 6.88. The van der Waals surface area contributed by atoms with E-state index in [-0.39, 0.29) is 18.6 Å². The number of hydrogen-bond acceptors (Lipinski definition) is 4. The highest BCUT2D eigenvalue weighted by molar-refractivity contribution is 5.80. The van der Waals surface area contributed by atoms with Gasteiger partial charge in [0, 0.05) is 30.1 Å². The zero-order chi connectivity index (χ0) is 15.3. The average molecular weight is 279 g/mol. The van der Waals surface area contributed by atoms with Crippen LogP contribution in [0.2, 0.25) is 0 Å². The SMILES string of the molecule is CC(C)CN(CC(N)=O)c1cc(N)cc(OC(C)C)c1. The van der Waals surface area contributed by atoms with Crippen LogP contribution >= 0.6 is 0 Å². The van der Waals surface area contributed by atoms with Crippen molar-refractivity contribution < 1.29 is 9.53 Å². The molecule has 0 atom stereocenters. The normalized spacial score (nSPS) is 10.9. The molecule has 5 heteroatoms. The third-order valence-corrected chi connectivity index (χ3v) is 2.58. The van der Waals surface area contributed by atoms with Crippen LogP contribution in [0.3, 0.4) is 0 Å². The Morgan fingerprint density at radius 2 is 1.90 bits per heavy atom. The van der Waals surface area contributed by atoms with Crippen LogP contribution in [0, 0.1) is 5.92 Å². The minimum atomic E-state index is -0.362. The van der Waals surface area contributed by atoms with Crippen LogP contribution in [0.25, 0.3) is 0 Å². The molecule has 0 aliphatic heterocycles. The summed E-state index contributed by atoms with van der Waals surface area (Å²) in [5.41, 5.74) is 12.7. The molecule has 0 saturated heterocycles. The van der Waals surface area contributed by atoms with Crippen molar-refractivity contribution in [2.24, 2.45) is 11.7 Å². The van der Waals surface area contributed by atoms with Gasteiger partial charge in [-0.3, -0.25) is 4.79 Å². The molecule has 0 bridgehead atoms. The van der Waals surface area contributed by atoms with E-state index >= 15 is 0 Å². The second-order valence-corrected chi connectivity index (χ2v) is 5.67. The summed E-state index contributed by atoms with van der Waals surface area (Å²) in [5, 5.41) is 0. The molecule has 0 saturated carbocycles. The highest BCUT2D eigenvalue weighted by atomic mass is 16.5. The van der Waals surface area contributed by atoms with E-state index in [9.17, 15) is 4.79 Å². The molecule has 0 aliphatic carbocycles. The number of hydrogen-bond donors (Lipinski definition) is 2. The Labute approximate surface area is 120 Å². The van der Waals surface area contributed by atoms with Gasteiger partial charge in [-0.1, -0.05) is 13.8 Å². The molecule has 0 fully saturated rings. The van der Waals surface area contributed by atoms with Crippen LogP contribution in [0.5, 0.6) is 5.75 Å². The van der Waals surface area contributed by atoms with Crippen molar-refractivity contribution in [1.29, 1.82) is 0 Å². The summed E-state index contributed by atoms with van der Waals surface area (Å²) in [6.07, 6.45) is 0.0688. The third kappa shape index (κ3) is 5.38. The van der Waals surface area contributed by atoms with Gasteiger partial charge in [-0.25, -0.2) is 0 Å². The van der Waals surface area contributed by atoms with Crippen molar-refractivity contribution in [3.63, 3.8) is 0 Å². The van der Waals surface area contributed by atoms with E-state index in [1.165, 1.54) is 0 Å². The highest BCUT2D eigenvalue weighted by Crippen LogP contribution is 2.26. The number of nitrogens with two attached hydrogens (primary N) is 2. The topological polar surface area (TPSA) is 81.6 Å². The van der Waals surface area contributed by atoms with Gasteiger partial charge in [0.1, 0.15) is 5.75 Å². The molecule has 0 aliphatic rings. The Kier molecular flexibility index (Phi) is 5.67. The predicted octanol–water partition coefficient (Wildman–Crippen LogP) is 2.00. The predicted molar refractivity (Wildman–Crippen MR) is 82.9 cm³/mol. The van der Waals surface area contributed by atoms with Gasteiger partial charge in [0.05, 0.1) is 12.6 Å². The molecule has 0 heterocycles. The van der Waals surface area contributed by atoms with Crippen LogP contribution < -0.4 is 21.1 Å². The molecular weight excluding hydrogens is 254 g/mol. The molecule has 1 aromatic rings. The Balaban J connectivity index is 3.04. The summed E-state index contributed by atoms with van der Waals surface area (Å²) in [6.45, 7) is 8.99. The molecule has 0 aromatic heterocycles. The van der Waals surface area contributed by atoms with Gasteiger partial charge in [-0.2, -0.15) is 0 Å². The smallest absolute Gasteiger partial charge is 0.236 e. The first-order valence-electron chi connectivity index (χ1n) is 6.88. The lowest BCUT2D eigenvalue weighted by atomic mass is 10.1. The first-order chi connectivity index (χ1) is 9.27. The summed E-state index contributed by atoms with van der Waals surface area (Å²) in [7, 11) is 0. The van der Waals surface area contributed by atoms with Crippen molar-refractivity contribution in [2.45, 2.75) is 33.8 Å². The number of carbonyl (C=O) groups excluding carboxylic acids is 1. The number of carbonyl (C=O) groups is 1. The minimum Gasteiger partial charge on any atom is -0.491 e. The third-order valence-electron chi connectivity index (χ3n) is 2.58. The number of primary amides is 1. The molecule has 0 spiro atoms. The van der Waals surface area contributed by atoms with E-state index in [1.54, 1.807) is 6.07 Å². The Morgan fingerprint density at radius 1 is 1.25 bits per heavy atom. The van der Waals surface area contributed by atoms with E-state index in [0.29, 0.717) is 17.4 Å². The fourth-order valence-electron chi connectivity index (χ4n) is 2.02. The van der Waals surface area contributed by atoms with Crippen molar-refractivity contribution in [2.75, 3.05) is 23.7 Å². The van der Waals surface area contributed by atoms with Crippen molar-refractivity contribution in [1.82, 2.24) is 0 Å². The lowest BCUT2D eigenvalue weighted by Crippen LogP contribution is -2.36. The van der Waals surface area contributed by atoms with Crippen LogP contribution in [-0.2, 0) is 4.79 Å². The second-order valence-electron chi connectivity index (χ2n) is 5.67. The van der Waals surface area contributed by atoms with Gasteiger partial charge in [-0.15, -0.1) is 0 Å². The second kappa shape index (κ2) is 7.03. The quantitative estimate of drug-likeness (QED) is 0.748. The largest absolute Gasteiger partial charge is 0.491 e. The lowest BCUT2D eigenvalue weighted by Gasteiger charge is -2.26. The summed E-state index contributed by atoms with van der Waals surface area (Å²) in [4.78, 5) is 13.2. The fraction of sp³-hybridized carbons (Fsp3) is 0.533. The molecule has 20 heavy (non-hydrogen) atoms. The summed E-state index contributed by atoms with van der Waals surface area (Å²) in [5.74, 6) is 0.748. The Morgan fingerprint density at radius 3 is 2.40 bits per heavy atom. The summed E-state index contributed by atoms with van der Waals surface area (Å²) >= 11 is 0. The highest BCUT2D eigenvalue weighted by Gasteiger charge is 2.13. The summed E-state index contributed by atoms with van der Waals surface area (Å²) in [6, 6.07) is 5.50. The van der Waals surface area contributed by atoms with Crippen molar-refractivity contribution in [3.05, 3.63) is 18.2 Å². The maximum atomic E-state index is 11.2. The maximum absolute atomic E-state index is 11.2.